The van der Waals surface area contributed by atoms with E-state index in [1.54, 1.807) is 0 Å². The van der Waals surface area contributed by atoms with Crippen molar-refractivity contribution >= 4 is 6.41 Å². The third kappa shape index (κ3) is 2.58. The van der Waals surface area contributed by atoms with Gasteiger partial charge < -0.3 is 5.32 Å². The average molecular weight is 177 g/mol. The number of hydrogen-bond acceptors (Lipinski definition) is 1. The zero-order valence-corrected chi connectivity index (χ0v) is 8.08. The highest BCUT2D eigenvalue weighted by atomic mass is 16.1. The maximum atomic E-state index is 10.1. The molecule has 13 heavy (non-hydrogen) atoms. The van der Waals surface area contributed by atoms with Crippen molar-refractivity contribution < 1.29 is 4.79 Å². The van der Waals surface area contributed by atoms with Crippen LogP contribution in [0.3, 0.4) is 0 Å². The molecule has 0 aliphatic rings. The van der Waals surface area contributed by atoms with Crippen LogP contribution in [0, 0.1) is 6.92 Å². The molecule has 0 radical (unpaired) electrons. The molecular weight excluding hydrogens is 162 g/mol. The largest absolute Gasteiger partial charge is 0.358 e. The fourth-order valence-corrected chi connectivity index (χ4v) is 1.47. The van der Waals surface area contributed by atoms with Crippen molar-refractivity contribution in [3.05, 3.63) is 35.4 Å². The molecule has 70 valence electrons. The Hall–Kier alpha value is -1.31. The van der Waals surface area contributed by atoms with Gasteiger partial charge in [0.05, 0.1) is 0 Å². The minimum Gasteiger partial charge on any atom is -0.358 e. The Morgan fingerprint density at radius 3 is 2.77 bits per heavy atom. The van der Waals surface area contributed by atoms with E-state index in [9.17, 15) is 4.79 Å². The lowest BCUT2D eigenvalue weighted by Crippen LogP contribution is -2.18. The van der Waals surface area contributed by atoms with Crippen LogP contribution < -0.4 is 5.32 Å². The Morgan fingerprint density at radius 1 is 1.46 bits per heavy atom. The van der Waals surface area contributed by atoms with Crippen LogP contribution in [0.4, 0.5) is 0 Å². The molecule has 0 saturated heterocycles. The maximum Gasteiger partial charge on any atom is 0.207 e. The Morgan fingerprint density at radius 2 is 2.15 bits per heavy atom. The van der Waals surface area contributed by atoms with Crippen LogP contribution in [0.25, 0.3) is 0 Å². The fraction of sp³-hybridized carbons (Fsp3) is 0.364. The van der Waals surface area contributed by atoms with E-state index in [1.165, 1.54) is 11.1 Å². The summed E-state index contributed by atoms with van der Waals surface area (Å²) in [5, 5.41) is 2.69. The molecule has 0 heterocycles. The van der Waals surface area contributed by atoms with Gasteiger partial charge in [-0.1, -0.05) is 31.2 Å². The van der Waals surface area contributed by atoms with Crippen molar-refractivity contribution in [3.8, 4) is 0 Å². The quantitative estimate of drug-likeness (QED) is 0.699. The summed E-state index contributed by atoms with van der Waals surface area (Å²) in [5.41, 5.74) is 2.58. The highest BCUT2D eigenvalue weighted by Crippen LogP contribution is 2.17. The second-order valence-corrected chi connectivity index (χ2v) is 3.28. The average Bonchev–Trinajstić information content (AvgIpc) is 2.15. The zero-order valence-electron chi connectivity index (χ0n) is 8.08. The van der Waals surface area contributed by atoms with E-state index in [-0.39, 0.29) is 0 Å². The topological polar surface area (TPSA) is 29.1 Å². The summed E-state index contributed by atoms with van der Waals surface area (Å²) in [6.45, 7) is 4.90. The molecule has 1 aromatic rings. The van der Waals surface area contributed by atoms with Gasteiger partial charge >= 0.3 is 0 Å². The van der Waals surface area contributed by atoms with Gasteiger partial charge in [-0.2, -0.15) is 0 Å². The number of aryl methyl sites for hydroxylation is 1. The van der Waals surface area contributed by atoms with Crippen LogP contribution in [-0.4, -0.2) is 13.0 Å². The molecule has 0 aromatic heterocycles. The molecule has 1 rings (SSSR count). The van der Waals surface area contributed by atoms with Crippen molar-refractivity contribution in [3.63, 3.8) is 0 Å². The highest BCUT2D eigenvalue weighted by Gasteiger charge is 2.06. The van der Waals surface area contributed by atoms with Crippen LogP contribution in [-0.2, 0) is 4.79 Å². The lowest BCUT2D eigenvalue weighted by atomic mass is 9.97. The molecule has 0 saturated carbocycles. The molecule has 2 heteroatoms. The summed E-state index contributed by atoms with van der Waals surface area (Å²) in [6.07, 6.45) is 0.745. The summed E-state index contributed by atoms with van der Waals surface area (Å²) in [6, 6.07) is 8.25. The van der Waals surface area contributed by atoms with Gasteiger partial charge in [0, 0.05) is 6.54 Å². The minimum atomic E-state index is 0.381. The molecule has 0 spiro atoms. The molecule has 2 nitrogen and oxygen atoms in total. The zero-order chi connectivity index (χ0) is 9.68. The van der Waals surface area contributed by atoms with Crippen LogP contribution in [0.2, 0.25) is 0 Å². The van der Waals surface area contributed by atoms with Crippen molar-refractivity contribution in [2.75, 3.05) is 6.54 Å². The lowest BCUT2D eigenvalue weighted by molar-refractivity contribution is -0.109. The molecule has 0 aliphatic carbocycles. The fourth-order valence-electron chi connectivity index (χ4n) is 1.47. The van der Waals surface area contributed by atoms with Gasteiger partial charge in [-0.05, 0) is 24.0 Å². The highest BCUT2D eigenvalue weighted by molar-refractivity contribution is 5.46. The van der Waals surface area contributed by atoms with E-state index in [0.29, 0.717) is 12.5 Å². The standard InChI is InChI=1S/C11H15NO/c1-9-5-3-4-6-11(9)10(2)7-12-8-13/h3-6,8,10H,7H2,1-2H3,(H,12,13). The van der Waals surface area contributed by atoms with E-state index in [1.807, 2.05) is 12.1 Å². The van der Waals surface area contributed by atoms with E-state index in [2.05, 4.69) is 31.3 Å². The first-order valence-electron chi connectivity index (χ1n) is 4.48. The molecule has 1 atom stereocenters. The van der Waals surface area contributed by atoms with Crippen LogP contribution >= 0.6 is 0 Å². The van der Waals surface area contributed by atoms with Gasteiger partial charge in [0.1, 0.15) is 0 Å². The molecule has 0 bridgehead atoms. The SMILES string of the molecule is Cc1ccccc1C(C)CNC=O. The number of hydrogen-bond donors (Lipinski definition) is 1. The van der Waals surface area contributed by atoms with E-state index < -0.39 is 0 Å². The molecule has 1 amide bonds. The Balaban J connectivity index is 2.70. The molecule has 0 fully saturated rings. The Bertz CT molecular complexity index is 283. The predicted molar refractivity (Wildman–Crippen MR) is 53.7 cm³/mol. The number of amides is 1. The van der Waals surface area contributed by atoms with Crippen LogP contribution in [0.15, 0.2) is 24.3 Å². The molecule has 0 aliphatic heterocycles. The number of benzene rings is 1. The molecule has 1 unspecified atom stereocenters. The Kier molecular flexibility index (Phi) is 3.50. The lowest BCUT2D eigenvalue weighted by Gasteiger charge is -2.13. The van der Waals surface area contributed by atoms with Crippen LogP contribution in [0.1, 0.15) is 24.0 Å². The Labute approximate surface area is 79.0 Å². The number of nitrogens with one attached hydrogen (secondary N) is 1. The summed E-state index contributed by atoms with van der Waals surface area (Å²) >= 11 is 0. The predicted octanol–water partition coefficient (Wildman–Crippen LogP) is 1.84. The summed E-state index contributed by atoms with van der Waals surface area (Å²) < 4.78 is 0. The molecule has 1 N–H and O–H groups in total. The van der Waals surface area contributed by atoms with Crippen molar-refractivity contribution in [1.82, 2.24) is 5.32 Å². The first kappa shape index (κ1) is 9.78. The normalized spacial score (nSPS) is 12.2. The van der Waals surface area contributed by atoms with Gasteiger partial charge in [0.15, 0.2) is 0 Å². The van der Waals surface area contributed by atoms with E-state index in [4.69, 9.17) is 0 Å². The van der Waals surface area contributed by atoms with Crippen LogP contribution in [0.5, 0.6) is 0 Å². The second kappa shape index (κ2) is 4.65. The maximum absolute atomic E-state index is 10.1. The summed E-state index contributed by atoms with van der Waals surface area (Å²) in [7, 11) is 0. The second-order valence-electron chi connectivity index (χ2n) is 3.28. The van der Waals surface area contributed by atoms with Gasteiger partial charge in [-0.15, -0.1) is 0 Å². The smallest absolute Gasteiger partial charge is 0.207 e. The summed E-state index contributed by atoms with van der Waals surface area (Å²) in [4.78, 5) is 10.1. The van der Waals surface area contributed by atoms with Gasteiger partial charge in [-0.25, -0.2) is 0 Å². The first-order chi connectivity index (χ1) is 6.25. The molecular formula is C11H15NO. The van der Waals surface area contributed by atoms with E-state index >= 15 is 0 Å². The number of carbonyl (C=O) groups is 1. The monoisotopic (exact) mass is 177 g/mol. The number of carbonyl (C=O) groups excluding carboxylic acids is 1. The van der Waals surface area contributed by atoms with Gasteiger partial charge in [0.2, 0.25) is 6.41 Å². The van der Waals surface area contributed by atoms with Crippen molar-refractivity contribution in [2.24, 2.45) is 0 Å². The van der Waals surface area contributed by atoms with Crippen molar-refractivity contribution in [2.45, 2.75) is 19.8 Å². The van der Waals surface area contributed by atoms with Crippen molar-refractivity contribution in [1.29, 1.82) is 0 Å². The third-order valence-electron chi connectivity index (χ3n) is 2.23. The minimum absolute atomic E-state index is 0.381. The first-order valence-corrected chi connectivity index (χ1v) is 4.48. The van der Waals surface area contributed by atoms with Gasteiger partial charge in [0.25, 0.3) is 0 Å². The third-order valence-corrected chi connectivity index (χ3v) is 2.23. The number of rotatable bonds is 4. The summed E-state index contributed by atoms with van der Waals surface area (Å²) in [5.74, 6) is 0.381. The van der Waals surface area contributed by atoms with E-state index in [0.717, 1.165) is 6.41 Å². The molecule has 1 aromatic carbocycles. The van der Waals surface area contributed by atoms with Gasteiger partial charge in [-0.3, -0.25) is 4.79 Å².